The molecule has 1 saturated heterocycles. The Morgan fingerprint density at radius 2 is 2.29 bits per heavy atom. The molecule has 0 aliphatic carbocycles. The molecule has 0 aromatic rings. The Morgan fingerprint density at radius 1 is 1.50 bits per heavy atom. The second-order valence-corrected chi connectivity index (χ2v) is 4.82. The van der Waals surface area contributed by atoms with Gasteiger partial charge in [-0.25, -0.2) is 0 Å². The number of thiol groups is 1. The van der Waals surface area contributed by atoms with E-state index in [0.717, 1.165) is 38.6 Å². The molecule has 0 aromatic heterocycles. The van der Waals surface area contributed by atoms with E-state index in [9.17, 15) is 0 Å². The second kappa shape index (κ2) is 6.70. The van der Waals surface area contributed by atoms with Crippen LogP contribution in [0.4, 0.5) is 0 Å². The molecular formula is C11H22O2S. The summed E-state index contributed by atoms with van der Waals surface area (Å²) in [4.78, 5) is 0. The summed E-state index contributed by atoms with van der Waals surface area (Å²) in [5, 5.41) is 0. The van der Waals surface area contributed by atoms with Gasteiger partial charge in [-0.3, -0.25) is 0 Å². The van der Waals surface area contributed by atoms with Gasteiger partial charge < -0.3 is 9.47 Å². The Labute approximate surface area is 92.8 Å². The molecule has 0 aromatic carbocycles. The van der Waals surface area contributed by atoms with Gasteiger partial charge in [0.25, 0.3) is 0 Å². The van der Waals surface area contributed by atoms with Crippen LogP contribution in [0.1, 0.15) is 20.3 Å². The highest BCUT2D eigenvalue weighted by molar-refractivity contribution is 7.80. The molecule has 84 valence electrons. The smallest absolute Gasteiger partial charge is 0.0517 e. The summed E-state index contributed by atoms with van der Waals surface area (Å²) in [6.07, 6.45) is 1.16. The molecule has 2 atom stereocenters. The Hall–Kier alpha value is 0.270. The van der Waals surface area contributed by atoms with Crippen LogP contribution in [0.5, 0.6) is 0 Å². The van der Waals surface area contributed by atoms with Crippen molar-refractivity contribution in [1.29, 1.82) is 0 Å². The van der Waals surface area contributed by atoms with Gasteiger partial charge >= 0.3 is 0 Å². The van der Waals surface area contributed by atoms with Gasteiger partial charge in [0, 0.05) is 12.5 Å². The third kappa shape index (κ3) is 4.20. The van der Waals surface area contributed by atoms with E-state index in [1.54, 1.807) is 0 Å². The first-order chi connectivity index (χ1) is 6.74. The molecular weight excluding hydrogens is 196 g/mol. The Bertz CT molecular complexity index is 144. The summed E-state index contributed by atoms with van der Waals surface area (Å²) in [5.41, 5.74) is 0. The average molecular weight is 218 g/mol. The number of hydrogen-bond donors (Lipinski definition) is 1. The zero-order chi connectivity index (χ0) is 10.4. The molecule has 14 heavy (non-hydrogen) atoms. The lowest BCUT2D eigenvalue weighted by molar-refractivity contribution is 0.0602. The first kappa shape index (κ1) is 12.3. The van der Waals surface area contributed by atoms with Crippen molar-refractivity contribution in [2.24, 2.45) is 17.8 Å². The maximum absolute atomic E-state index is 5.70. The molecule has 0 saturated carbocycles. The summed E-state index contributed by atoms with van der Waals surface area (Å²) in [6, 6.07) is 0. The lowest BCUT2D eigenvalue weighted by Crippen LogP contribution is -2.20. The predicted octanol–water partition coefficient (Wildman–Crippen LogP) is 2.24. The quantitative estimate of drug-likeness (QED) is 0.689. The van der Waals surface area contributed by atoms with Crippen molar-refractivity contribution < 1.29 is 9.47 Å². The van der Waals surface area contributed by atoms with Crippen molar-refractivity contribution in [2.45, 2.75) is 20.3 Å². The lowest BCUT2D eigenvalue weighted by atomic mass is 9.99. The van der Waals surface area contributed by atoms with E-state index >= 15 is 0 Å². The molecule has 1 aliphatic heterocycles. The summed E-state index contributed by atoms with van der Waals surface area (Å²) in [5.74, 6) is 2.79. The molecule has 3 heteroatoms. The van der Waals surface area contributed by atoms with Crippen molar-refractivity contribution in [3.63, 3.8) is 0 Å². The highest BCUT2D eigenvalue weighted by Crippen LogP contribution is 2.16. The highest BCUT2D eigenvalue weighted by Gasteiger charge is 2.17. The van der Waals surface area contributed by atoms with Gasteiger partial charge in [0.1, 0.15) is 0 Å². The molecule has 0 spiro atoms. The number of ether oxygens (including phenoxy) is 2. The molecule has 2 unspecified atom stereocenters. The topological polar surface area (TPSA) is 18.5 Å². The molecule has 0 amide bonds. The lowest BCUT2D eigenvalue weighted by Gasteiger charge is -2.19. The summed E-state index contributed by atoms with van der Waals surface area (Å²) in [7, 11) is 0. The zero-order valence-corrected chi connectivity index (χ0v) is 10.1. The summed E-state index contributed by atoms with van der Waals surface area (Å²) >= 11 is 4.33. The van der Waals surface area contributed by atoms with Gasteiger partial charge in [-0.05, 0) is 24.0 Å². The molecule has 1 rings (SSSR count). The minimum atomic E-state index is 0.584. The predicted molar refractivity (Wildman–Crippen MR) is 61.9 cm³/mol. The fraction of sp³-hybridized carbons (Fsp3) is 1.00. The van der Waals surface area contributed by atoms with Crippen LogP contribution in [-0.2, 0) is 9.47 Å². The van der Waals surface area contributed by atoms with Crippen LogP contribution in [0.15, 0.2) is 0 Å². The van der Waals surface area contributed by atoms with E-state index in [4.69, 9.17) is 9.47 Å². The SMILES string of the molecule is CC(C)C(CS)COCC1CCOC1. The average Bonchev–Trinajstić information content (AvgIpc) is 2.64. The normalized spacial score (nSPS) is 24.4. The van der Waals surface area contributed by atoms with Gasteiger partial charge in [-0.1, -0.05) is 13.8 Å². The van der Waals surface area contributed by atoms with Gasteiger partial charge in [0.15, 0.2) is 0 Å². The van der Waals surface area contributed by atoms with E-state index in [1.807, 2.05) is 0 Å². The minimum Gasteiger partial charge on any atom is -0.381 e. The first-order valence-electron chi connectivity index (χ1n) is 5.50. The highest BCUT2D eigenvalue weighted by atomic mass is 32.1. The Kier molecular flexibility index (Phi) is 5.90. The van der Waals surface area contributed by atoms with Gasteiger partial charge in [-0.2, -0.15) is 12.6 Å². The van der Waals surface area contributed by atoms with Crippen LogP contribution in [0, 0.1) is 17.8 Å². The Balaban J connectivity index is 2.06. The van der Waals surface area contributed by atoms with Crippen LogP contribution >= 0.6 is 12.6 Å². The first-order valence-corrected chi connectivity index (χ1v) is 6.13. The Morgan fingerprint density at radius 3 is 2.79 bits per heavy atom. The number of hydrogen-bond acceptors (Lipinski definition) is 3. The van der Waals surface area contributed by atoms with Gasteiger partial charge in [0.2, 0.25) is 0 Å². The van der Waals surface area contributed by atoms with E-state index in [-0.39, 0.29) is 0 Å². The molecule has 1 aliphatic rings. The van der Waals surface area contributed by atoms with E-state index in [2.05, 4.69) is 26.5 Å². The monoisotopic (exact) mass is 218 g/mol. The third-order valence-electron chi connectivity index (χ3n) is 2.89. The fourth-order valence-corrected chi connectivity index (χ4v) is 2.08. The van der Waals surface area contributed by atoms with Crippen LogP contribution in [0.25, 0.3) is 0 Å². The molecule has 2 nitrogen and oxygen atoms in total. The number of rotatable bonds is 6. The molecule has 0 radical (unpaired) electrons. The fourth-order valence-electron chi connectivity index (χ4n) is 1.56. The van der Waals surface area contributed by atoms with Crippen molar-refractivity contribution in [1.82, 2.24) is 0 Å². The maximum Gasteiger partial charge on any atom is 0.0517 e. The van der Waals surface area contributed by atoms with Crippen LogP contribution < -0.4 is 0 Å². The minimum absolute atomic E-state index is 0.584. The largest absolute Gasteiger partial charge is 0.381 e. The third-order valence-corrected chi connectivity index (χ3v) is 3.36. The maximum atomic E-state index is 5.70. The van der Waals surface area contributed by atoms with Crippen LogP contribution in [0.2, 0.25) is 0 Å². The van der Waals surface area contributed by atoms with Crippen molar-refractivity contribution in [2.75, 3.05) is 32.2 Å². The van der Waals surface area contributed by atoms with E-state index in [1.165, 1.54) is 0 Å². The van der Waals surface area contributed by atoms with Crippen LogP contribution in [0.3, 0.4) is 0 Å². The molecule has 0 bridgehead atoms. The van der Waals surface area contributed by atoms with Crippen molar-refractivity contribution in [3.05, 3.63) is 0 Å². The van der Waals surface area contributed by atoms with Gasteiger partial charge in [0.05, 0.1) is 19.8 Å². The van der Waals surface area contributed by atoms with E-state index in [0.29, 0.717) is 17.8 Å². The molecule has 0 N–H and O–H groups in total. The standard InChI is InChI=1S/C11H22O2S/c1-9(2)11(8-14)7-13-6-10-3-4-12-5-10/h9-11,14H,3-8H2,1-2H3. The molecule has 1 heterocycles. The molecule has 1 fully saturated rings. The van der Waals surface area contributed by atoms with Crippen molar-refractivity contribution >= 4 is 12.6 Å². The summed E-state index contributed by atoms with van der Waals surface area (Å²) < 4.78 is 11.0. The van der Waals surface area contributed by atoms with Crippen molar-refractivity contribution in [3.8, 4) is 0 Å². The zero-order valence-electron chi connectivity index (χ0n) is 9.24. The van der Waals surface area contributed by atoms with Crippen LogP contribution in [-0.4, -0.2) is 32.2 Å². The second-order valence-electron chi connectivity index (χ2n) is 4.45. The van der Waals surface area contributed by atoms with Gasteiger partial charge in [-0.15, -0.1) is 0 Å². The van der Waals surface area contributed by atoms with E-state index < -0.39 is 0 Å². The summed E-state index contributed by atoms with van der Waals surface area (Å²) in [6.45, 7) is 7.95.